The van der Waals surface area contributed by atoms with E-state index in [0.717, 1.165) is 37.2 Å². The number of para-hydroxylation sites is 2. The van der Waals surface area contributed by atoms with E-state index in [1.165, 1.54) is 6.08 Å². The molecule has 2 fully saturated rings. The standard InChI is InChI=1S/C31H32N6O3/c32-18-22-7-12-24(13-8-22)35-31(39)30(34-15-16-37-19-26-17-25(37)20-40-26)23-10-5-21(6-11-23)9-14-29(38)36-28-4-2-1-3-27(28)33/h1-14,25-26,30,34H,15-17,19-20,33H2,(H,35,39)(H,36,38)/b14-9+. The van der Waals surface area contributed by atoms with Crippen molar-refractivity contribution in [1.82, 2.24) is 10.2 Å². The SMILES string of the molecule is N#Cc1ccc(NC(=O)C(NCCN2CC3CC2CO3)c2ccc(/C=C/C(=O)Nc3ccccc3N)cc2)cc1. The minimum atomic E-state index is -0.589. The molecule has 2 amide bonds. The van der Waals surface area contributed by atoms with E-state index in [-0.39, 0.29) is 11.8 Å². The van der Waals surface area contributed by atoms with Crippen LogP contribution in [0, 0.1) is 11.3 Å². The van der Waals surface area contributed by atoms with E-state index in [1.54, 1.807) is 54.6 Å². The zero-order chi connectivity index (χ0) is 27.9. The summed E-state index contributed by atoms with van der Waals surface area (Å²) >= 11 is 0. The predicted octanol–water partition coefficient (Wildman–Crippen LogP) is 3.53. The van der Waals surface area contributed by atoms with Crippen molar-refractivity contribution in [3.05, 3.63) is 95.6 Å². The van der Waals surface area contributed by atoms with E-state index in [2.05, 4.69) is 26.9 Å². The molecule has 0 radical (unpaired) electrons. The van der Waals surface area contributed by atoms with Gasteiger partial charge in [0, 0.05) is 37.4 Å². The number of fused-ring (bicyclic) bond motifs is 2. The summed E-state index contributed by atoms with van der Waals surface area (Å²) in [4.78, 5) is 28.1. The van der Waals surface area contributed by atoms with Crippen molar-refractivity contribution in [3.8, 4) is 6.07 Å². The summed E-state index contributed by atoms with van der Waals surface area (Å²) in [6, 6.07) is 23.3. The van der Waals surface area contributed by atoms with Gasteiger partial charge >= 0.3 is 0 Å². The van der Waals surface area contributed by atoms with Gasteiger partial charge in [-0.05, 0) is 60.0 Å². The fraction of sp³-hybridized carbons (Fsp3) is 0.258. The molecule has 0 saturated carbocycles. The van der Waals surface area contributed by atoms with E-state index < -0.39 is 6.04 Å². The van der Waals surface area contributed by atoms with Crippen molar-refractivity contribution in [1.29, 1.82) is 5.26 Å². The number of anilines is 3. The first kappa shape index (κ1) is 27.1. The first-order valence-corrected chi connectivity index (χ1v) is 13.3. The Morgan fingerprint density at radius 3 is 2.52 bits per heavy atom. The van der Waals surface area contributed by atoms with E-state index in [4.69, 9.17) is 15.7 Å². The number of rotatable bonds is 10. The first-order valence-electron chi connectivity index (χ1n) is 13.3. The van der Waals surface area contributed by atoms with Crippen LogP contribution < -0.4 is 21.7 Å². The first-order chi connectivity index (χ1) is 19.5. The van der Waals surface area contributed by atoms with Crippen molar-refractivity contribution in [2.75, 3.05) is 42.6 Å². The van der Waals surface area contributed by atoms with Gasteiger partial charge in [-0.1, -0.05) is 36.4 Å². The van der Waals surface area contributed by atoms with Crippen LogP contribution in [0.2, 0.25) is 0 Å². The van der Waals surface area contributed by atoms with Gasteiger partial charge in [0.1, 0.15) is 6.04 Å². The molecule has 9 nitrogen and oxygen atoms in total. The quantitative estimate of drug-likeness (QED) is 0.230. The molecule has 3 atom stereocenters. The number of nitrogens with two attached hydrogens (primary N) is 1. The van der Waals surface area contributed by atoms with Crippen LogP contribution >= 0.6 is 0 Å². The average Bonchev–Trinajstić information content (AvgIpc) is 3.60. The van der Waals surface area contributed by atoms with Crippen LogP contribution in [0.25, 0.3) is 6.08 Å². The topological polar surface area (TPSA) is 133 Å². The number of likely N-dealkylation sites (tertiary alicyclic amines) is 1. The number of hydrogen-bond acceptors (Lipinski definition) is 7. The molecule has 0 spiro atoms. The second kappa shape index (κ2) is 12.6. The summed E-state index contributed by atoms with van der Waals surface area (Å²) in [6.45, 7) is 3.17. The Hall–Kier alpha value is -4.49. The maximum atomic E-state index is 13.4. The van der Waals surface area contributed by atoms with Crippen molar-refractivity contribution < 1.29 is 14.3 Å². The number of nitrogen functional groups attached to an aromatic ring is 1. The number of amides is 2. The molecule has 3 aromatic carbocycles. The van der Waals surface area contributed by atoms with Crippen LogP contribution in [0.1, 0.15) is 29.2 Å². The summed E-state index contributed by atoms with van der Waals surface area (Å²) < 4.78 is 5.70. The van der Waals surface area contributed by atoms with Gasteiger partial charge in [-0.3, -0.25) is 14.5 Å². The molecule has 40 heavy (non-hydrogen) atoms. The lowest BCUT2D eigenvalue weighted by Gasteiger charge is -2.27. The third kappa shape index (κ3) is 6.74. The van der Waals surface area contributed by atoms with Gasteiger partial charge in [0.2, 0.25) is 11.8 Å². The van der Waals surface area contributed by atoms with Crippen molar-refractivity contribution in [3.63, 3.8) is 0 Å². The van der Waals surface area contributed by atoms with Gasteiger partial charge in [0.25, 0.3) is 0 Å². The molecule has 2 heterocycles. The van der Waals surface area contributed by atoms with Crippen LogP contribution in [-0.2, 0) is 14.3 Å². The maximum absolute atomic E-state index is 13.4. The normalized spacial score (nSPS) is 18.9. The molecule has 0 aliphatic carbocycles. The Kier molecular flexibility index (Phi) is 8.52. The largest absolute Gasteiger partial charge is 0.397 e. The molecule has 2 bridgehead atoms. The molecule has 5 rings (SSSR count). The number of nitrogens with one attached hydrogen (secondary N) is 3. The summed E-state index contributed by atoms with van der Waals surface area (Å²) in [5.41, 5.74) is 9.72. The fourth-order valence-corrected chi connectivity index (χ4v) is 5.07. The molecule has 2 aliphatic rings. The molecule has 2 saturated heterocycles. The van der Waals surface area contributed by atoms with Crippen LogP contribution in [0.4, 0.5) is 17.1 Å². The summed E-state index contributed by atoms with van der Waals surface area (Å²) in [5.74, 6) is -0.483. The van der Waals surface area contributed by atoms with Crippen LogP contribution in [-0.4, -0.2) is 55.1 Å². The molecular formula is C31H32N6O3. The van der Waals surface area contributed by atoms with Gasteiger partial charge in [0.15, 0.2) is 0 Å². The highest BCUT2D eigenvalue weighted by atomic mass is 16.5. The molecule has 3 aromatic rings. The molecule has 0 aromatic heterocycles. The van der Waals surface area contributed by atoms with E-state index in [0.29, 0.717) is 41.3 Å². The van der Waals surface area contributed by atoms with E-state index >= 15 is 0 Å². The zero-order valence-electron chi connectivity index (χ0n) is 22.0. The zero-order valence-corrected chi connectivity index (χ0v) is 22.0. The highest BCUT2D eigenvalue weighted by molar-refractivity contribution is 6.03. The summed E-state index contributed by atoms with van der Waals surface area (Å²) in [5, 5.41) is 18.2. The highest BCUT2D eigenvalue weighted by Gasteiger charge is 2.38. The predicted molar refractivity (Wildman–Crippen MR) is 155 cm³/mol. The summed E-state index contributed by atoms with van der Waals surface area (Å²) in [6.07, 6.45) is 4.56. The van der Waals surface area contributed by atoms with Crippen LogP contribution in [0.15, 0.2) is 78.9 Å². The van der Waals surface area contributed by atoms with Crippen molar-refractivity contribution >= 4 is 35.0 Å². The van der Waals surface area contributed by atoms with Gasteiger partial charge in [-0.25, -0.2) is 0 Å². The maximum Gasteiger partial charge on any atom is 0.248 e. The molecule has 5 N–H and O–H groups in total. The van der Waals surface area contributed by atoms with E-state index in [9.17, 15) is 9.59 Å². The van der Waals surface area contributed by atoms with Gasteiger partial charge in [-0.2, -0.15) is 5.26 Å². The number of morpholine rings is 1. The number of carbonyl (C=O) groups is 2. The summed E-state index contributed by atoms with van der Waals surface area (Å²) in [7, 11) is 0. The number of hydrogen-bond donors (Lipinski definition) is 4. The third-order valence-corrected chi connectivity index (χ3v) is 7.22. The number of nitrogens with zero attached hydrogens (tertiary/aromatic N) is 2. The monoisotopic (exact) mass is 536 g/mol. The minimum Gasteiger partial charge on any atom is -0.397 e. The Bertz CT molecular complexity index is 1410. The van der Waals surface area contributed by atoms with Gasteiger partial charge in [0.05, 0.1) is 35.7 Å². The fourth-order valence-electron chi connectivity index (χ4n) is 5.07. The van der Waals surface area contributed by atoms with Crippen LogP contribution in [0.3, 0.4) is 0 Å². The highest BCUT2D eigenvalue weighted by Crippen LogP contribution is 2.27. The lowest BCUT2D eigenvalue weighted by molar-refractivity contribution is -0.118. The lowest BCUT2D eigenvalue weighted by Crippen LogP contribution is -2.43. The molecule has 2 aliphatic heterocycles. The molecule has 9 heteroatoms. The second-order valence-corrected chi connectivity index (χ2v) is 9.98. The second-order valence-electron chi connectivity index (χ2n) is 9.98. The lowest BCUT2D eigenvalue weighted by atomic mass is 10.0. The van der Waals surface area contributed by atoms with E-state index in [1.807, 2.05) is 24.3 Å². The molecule has 204 valence electrons. The molecule has 3 unspecified atom stereocenters. The Morgan fingerprint density at radius 2 is 1.85 bits per heavy atom. The minimum absolute atomic E-state index is 0.195. The molecular weight excluding hydrogens is 504 g/mol. The smallest absolute Gasteiger partial charge is 0.248 e. The van der Waals surface area contributed by atoms with Gasteiger partial charge < -0.3 is 26.4 Å². The Morgan fingerprint density at radius 1 is 1.07 bits per heavy atom. The number of ether oxygens (including phenoxy) is 1. The Labute approximate surface area is 233 Å². The Balaban J connectivity index is 1.24. The van der Waals surface area contributed by atoms with Crippen LogP contribution in [0.5, 0.6) is 0 Å². The average molecular weight is 537 g/mol. The number of carbonyl (C=O) groups excluding carboxylic acids is 2. The van der Waals surface area contributed by atoms with Crippen molar-refractivity contribution in [2.45, 2.75) is 24.6 Å². The third-order valence-electron chi connectivity index (χ3n) is 7.22. The number of nitriles is 1. The number of benzene rings is 3. The van der Waals surface area contributed by atoms with Gasteiger partial charge in [-0.15, -0.1) is 0 Å². The van der Waals surface area contributed by atoms with Crippen molar-refractivity contribution in [2.24, 2.45) is 0 Å².